The van der Waals surface area contributed by atoms with Crippen LogP contribution in [-0.2, 0) is 9.53 Å². The van der Waals surface area contributed by atoms with Gasteiger partial charge in [-0.3, -0.25) is 4.99 Å². The number of phenolic OH excluding ortho intramolecular Hbond substituents is 1. The van der Waals surface area contributed by atoms with Crippen molar-refractivity contribution in [2.45, 2.75) is 13.8 Å². The van der Waals surface area contributed by atoms with Crippen molar-refractivity contribution in [2.75, 3.05) is 6.61 Å². The minimum absolute atomic E-state index is 0.00456. The molecular weight excluding hydrogens is 234 g/mol. The minimum atomic E-state index is -0.625. The van der Waals surface area contributed by atoms with E-state index in [1.807, 2.05) is 0 Å². The van der Waals surface area contributed by atoms with Crippen molar-refractivity contribution < 1.29 is 19.7 Å². The third kappa shape index (κ3) is 3.93. The van der Waals surface area contributed by atoms with E-state index in [0.29, 0.717) is 5.69 Å². The zero-order valence-electron chi connectivity index (χ0n) is 10.3. The molecule has 18 heavy (non-hydrogen) atoms. The van der Waals surface area contributed by atoms with E-state index in [9.17, 15) is 9.90 Å². The van der Waals surface area contributed by atoms with Crippen molar-refractivity contribution in [1.29, 1.82) is 0 Å². The predicted molar refractivity (Wildman–Crippen MR) is 68.2 cm³/mol. The van der Waals surface area contributed by atoms with Crippen LogP contribution in [0.3, 0.4) is 0 Å². The number of aliphatic hydroxyl groups is 1. The molecule has 0 fully saturated rings. The van der Waals surface area contributed by atoms with Gasteiger partial charge >= 0.3 is 5.97 Å². The van der Waals surface area contributed by atoms with E-state index in [-0.39, 0.29) is 23.7 Å². The molecule has 1 aromatic rings. The topological polar surface area (TPSA) is 79.1 Å². The molecule has 0 atom stereocenters. The molecule has 0 heterocycles. The zero-order valence-corrected chi connectivity index (χ0v) is 10.3. The summed E-state index contributed by atoms with van der Waals surface area (Å²) in [7, 11) is 0. The van der Waals surface area contributed by atoms with Crippen molar-refractivity contribution in [3.63, 3.8) is 0 Å². The number of hydrogen-bond donors (Lipinski definition) is 2. The molecule has 1 rings (SSSR count). The summed E-state index contributed by atoms with van der Waals surface area (Å²) in [6.07, 6.45) is 1.24. The van der Waals surface area contributed by atoms with Crippen LogP contribution < -0.4 is 0 Å². The fourth-order valence-electron chi connectivity index (χ4n) is 1.18. The number of phenols is 1. The summed E-state index contributed by atoms with van der Waals surface area (Å²) in [5.41, 5.74) is 0.556. The Morgan fingerprint density at radius 2 is 2.00 bits per heavy atom. The van der Waals surface area contributed by atoms with E-state index in [0.717, 1.165) is 0 Å². The lowest BCUT2D eigenvalue weighted by Gasteiger charge is -2.03. The lowest BCUT2D eigenvalue weighted by Crippen LogP contribution is -2.10. The van der Waals surface area contributed by atoms with Crippen LogP contribution in [0.15, 0.2) is 40.6 Å². The Balaban J connectivity index is 2.88. The molecule has 0 unspecified atom stereocenters. The van der Waals surface area contributed by atoms with Crippen LogP contribution in [0, 0.1) is 0 Å². The molecular formula is C13H15NO4. The second kappa shape index (κ2) is 6.44. The Kier molecular flexibility index (Phi) is 4.92. The summed E-state index contributed by atoms with van der Waals surface area (Å²) in [4.78, 5) is 15.5. The third-order valence-corrected chi connectivity index (χ3v) is 2.08. The highest BCUT2D eigenvalue weighted by atomic mass is 16.5. The fourth-order valence-corrected chi connectivity index (χ4v) is 1.18. The molecule has 0 aliphatic carbocycles. The molecule has 2 N–H and O–H groups in total. The van der Waals surface area contributed by atoms with Crippen LogP contribution >= 0.6 is 0 Å². The fraction of sp³-hybridized carbons (Fsp3) is 0.231. The van der Waals surface area contributed by atoms with E-state index in [2.05, 4.69) is 4.99 Å². The second-order valence-electron chi connectivity index (χ2n) is 3.49. The molecule has 0 bridgehead atoms. The van der Waals surface area contributed by atoms with Crippen LogP contribution in [0.5, 0.6) is 5.75 Å². The van der Waals surface area contributed by atoms with Crippen LogP contribution in [-0.4, -0.2) is 29.0 Å². The summed E-state index contributed by atoms with van der Waals surface area (Å²) in [6, 6.07) is 6.13. The van der Waals surface area contributed by atoms with Gasteiger partial charge in [0.1, 0.15) is 17.1 Å². The van der Waals surface area contributed by atoms with Gasteiger partial charge in [-0.2, -0.15) is 0 Å². The summed E-state index contributed by atoms with van der Waals surface area (Å²) in [5.74, 6) is -0.649. The van der Waals surface area contributed by atoms with Gasteiger partial charge in [-0.05, 0) is 38.1 Å². The number of aromatic hydroxyl groups is 1. The van der Waals surface area contributed by atoms with Gasteiger partial charge in [-0.25, -0.2) is 4.79 Å². The number of carbonyl (C=O) groups is 1. The summed E-state index contributed by atoms with van der Waals surface area (Å²) >= 11 is 0. The smallest absolute Gasteiger partial charge is 0.343 e. The molecule has 0 aliphatic rings. The number of benzene rings is 1. The predicted octanol–water partition coefficient (Wildman–Crippen LogP) is 2.49. The third-order valence-electron chi connectivity index (χ3n) is 2.08. The summed E-state index contributed by atoms with van der Waals surface area (Å²) in [5, 5.41) is 18.5. The van der Waals surface area contributed by atoms with Crippen molar-refractivity contribution in [1.82, 2.24) is 0 Å². The van der Waals surface area contributed by atoms with Gasteiger partial charge in [-0.1, -0.05) is 0 Å². The van der Waals surface area contributed by atoms with Crippen molar-refractivity contribution in [3.05, 3.63) is 35.6 Å². The number of rotatable bonds is 4. The first-order valence-corrected chi connectivity index (χ1v) is 5.44. The Morgan fingerprint density at radius 1 is 1.39 bits per heavy atom. The highest BCUT2D eigenvalue weighted by molar-refractivity contribution is 6.10. The Labute approximate surface area is 105 Å². The molecule has 96 valence electrons. The largest absolute Gasteiger partial charge is 0.512 e. The standard InChI is InChI=1S/C13H15NO4/c1-3-18-13(17)12(9(2)15)8-14-10-4-6-11(16)7-5-10/h4-8,15-16H,3H2,1-2H3/b12-9+,14-8?. The lowest BCUT2D eigenvalue weighted by molar-refractivity contribution is -0.138. The second-order valence-corrected chi connectivity index (χ2v) is 3.49. The quantitative estimate of drug-likeness (QED) is 0.372. The maximum absolute atomic E-state index is 11.5. The first kappa shape index (κ1) is 13.8. The Bertz CT molecular complexity index is 470. The number of aliphatic hydroxyl groups excluding tert-OH is 1. The molecule has 1 aromatic carbocycles. The molecule has 0 amide bonds. The van der Waals surface area contributed by atoms with Crippen molar-refractivity contribution in [2.24, 2.45) is 4.99 Å². The van der Waals surface area contributed by atoms with E-state index in [1.54, 1.807) is 19.1 Å². The van der Waals surface area contributed by atoms with Gasteiger partial charge in [0.2, 0.25) is 0 Å². The van der Waals surface area contributed by atoms with E-state index in [4.69, 9.17) is 9.84 Å². The van der Waals surface area contributed by atoms with Crippen molar-refractivity contribution >= 4 is 17.9 Å². The molecule has 0 saturated carbocycles. The Morgan fingerprint density at radius 3 is 2.50 bits per heavy atom. The monoisotopic (exact) mass is 249 g/mol. The van der Waals surface area contributed by atoms with Gasteiger partial charge < -0.3 is 14.9 Å². The summed E-state index contributed by atoms with van der Waals surface area (Å²) in [6.45, 7) is 3.29. The molecule has 0 spiro atoms. The van der Waals surface area contributed by atoms with Crippen LogP contribution in [0.1, 0.15) is 13.8 Å². The molecule has 0 aromatic heterocycles. The van der Waals surface area contributed by atoms with Gasteiger partial charge in [-0.15, -0.1) is 0 Å². The van der Waals surface area contributed by atoms with Crippen LogP contribution in [0.25, 0.3) is 0 Å². The number of carbonyl (C=O) groups excluding carboxylic acids is 1. The summed E-state index contributed by atoms with van der Waals surface area (Å²) < 4.78 is 4.78. The number of ether oxygens (including phenoxy) is 1. The van der Waals surface area contributed by atoms with Gasteiger partial charge in [0.25, 0.3) is 0 Å². The molecule has 5 heteroatoms. The average molecular weight is 249 g/mol. The number of esters is 1. The van der Waals surface area contributed by atoms with Gasteiger partial charge in [0.15, 0.2) is 0 Å². The SMILES string of the molecule is CCOC(=O)/C(C=Nc1ccc(O)cc1)=C(\C)O. The number of hydrogen-bond acceptors (Lipinski definition) is 5. The first-order valence-electron chi connectivity index (χ1n) is 5.44. The van der Waals surface area contributed by atoms with E-state index < -0.39 is 5.97 Å². The number of nitrogens with zero attached hydrogens (tertiary/aromatic N) is 1. The maximum atomic E-state index is 11.5. The maximum Gasteiger partial charge on any atom is 0.343 e. The minimum Gasteiger partial charge on any atom is -0.512 e. The average Bonchev–Trinajstić information content (AvgIpc) is 2.31. The van der Waals surface area contributed by atoms with E-state index in [1.165, 1.54) is 25.3 Å². The van der Waals surface area contributed by atoms with E-state index >= 15 is 0 Å². The zero-order chi connectivity index (χ0) is 13.5. The number of allylic oxidation sites excluding steroid dienone is 1. The lowest BCUT2D eigenvalue weighted by atomic mass is 10.2. The first-order chi connectivity index (χ1) is 8.54. The molecule has 5 nitrogen and oxygen atoms in total. The highest BCUT2D eigenvalue weighted by Crippen LogP contribution is 2.16. The van der Waals surface area contributed by atoms with Crippen LogP contribution in [0.4, 0.5) is 5.69 Å². The molecule has 0 radical (unpaired) electrons. The Hall–Kier alpha value is -2.30. The molecule has 0 aliphatic heterocycles. The van der Waals surface area contributed by atoms with Crippen molar-refractivity contribution in [3.8, 4) is 5.75 Å². The van der Waals surface area contributed by atoms with Gasteiger partial charge in [0.05, 0.1) is 12.3 Å². The number of aliphatic imine (C=N–C) groups is 1. The normalized spacial score (nSPS) is 12.3. The van der Waals surface area contributed by atoms with Gasteiger partial charge in [0, 0.05) is 6.21 Å². The van der Waals surface area contributed by atoms with Crippen LogP contribution in [0.2, 0.25) is 0 Å². The highest BCUT2D eigenvalue weighted by Gasteiger charge is 2.11. The molecule has 0 saturated heterocycles.